The minimum absolute atomic E-state index is 0.224. The molecule has 1 aromatic carbocycles. The van der Waals surface area contributed by atoms with Crippen LogP contribution in [0.15, 0.2) is 28.8 Å². The van der Waals surface area contributed by atoms with E-state index in [1.54, 1.807) is 0 Å². The highest BCUT2D eigenvalue weighted by Crippen LogP contribution is 2.38. The first-order valence-corrected chi connectivity index (χ1v) is 6.79. The van der Waals surface area contributed by atoms with E-state index < -0.39 is 0 Å². The van der Waals surface area contributed by atoms with E-state index in [-0.39, 0.29) is 5.92 Å². The van der Waals surface area contributed by atoms with E-state index in [4.69, 9.17) is 4.52 Å². The van der Waals surface area contributed by atoms with Gasteiger partial charge in [0.1, 0.15) is 0 Å². The average molecular weight is 257 g/mol. The zero-order chi connectivity index (χ0) is 13.4. The summed E-state index contributed by atoms with van der Waals surface area (Å²) in [5.41, 5.74) is 2.74. The number of rotatable bonds is 4. The van der Waals surface area contributed by atoms with Crippen LogP contribution in [-0.4, -0.2) is 23.2 Å². The first-order valence-electron chi connectivity index (χ1n) is 6.79. The van der Waals surface area contributed by atoms with Crippen molar-refractivity contribution in [1.29, 1.82) is 0 Å². The molecule has 1 aromatic heterocycles. The lowest BCUT2D eigenvalue weighted by Crippen LogP contribution is -2.27. The van der Waals surface area contributed by atoms with Gasteiger partial charge in [0, 0.05) is 6.04 Å². The number of nitrogens with one attached hydrogen (secondary N) is 1. The maximum atomic E-state index is 5.42. The molecule has 0 saturated heterocycles. The molecule has 0 aliphatic heterocycles. The lowest BCUT2D eigenvalue weighted by molar-refractivity contribution is 0.331. The molecular formula is C15H19N3O. The van der Waals surface area contributed by atoms with Gasteiger partial charge in [-0.1, -0.05) is 36.3 Å². The van der Waals surface area contributed by atoms with Gasteiger partial charge in [-0.15, -0.1) is 0 Å². The van der Waals surface area contributed by atoms with E-state index >= 15 is 0 Å². The summed E-state index contributed by atoms with van der Waals surface area (Å²) in [4.78, 5) is 4.58. The Morgan fingerprint density at radius 3 is 2.84 bits per heavy atom. The Bertz CT molecular complexity index is 578. The van der Waals surface area contributed by atoms with Crippen molar-refractivity contribution in [2.45, 2.75) is 38.1 Å². The molecule has 3 rings (SSSR count). The Kier molecular flexibility index (Phi) is 3.11. The van der Waals surface area contributed by atoms with Gasteiger partial charge in [-0.2, -0.15) is 4.98 Å². The van der Waals surface area contributed by atoms with Crippen LogP contribution >= 0.6 is 0 Å². The molecule has 0 spiro atoms. The Hall–Kier alpha value is -1.68. The lowest BCUT2D eigenvalue weighted by atomic mass is 9.77. The summed E-state index contributed by atoms with van der Waals surface area (Å²) in [5.74, 6) is 2.08. The van der Waals surface area contributed by atoms with Crippen molar-refractivity contribution in [3.63, 3.8) is 0 Å². The quantitative estimate of drug-likeness (QED) is 0.914. The predicted octanol–water partition coefficient (Wildman–Crippen LogP) is 2.47. The van der Waals surface area contributed by atoms with Crippen molar-refractivity contribution in [1.82, 2.24) is 15.5 Å². The second-order valence-corrected chi connectivity index (χ2v) is 5.31. The predicted molar refractivity (Wildman–Crippen MR) is 73.2 cm³/mol. The van der Waals surface area contributed by atoms with E-state index in [0.29, 0.717) is 12.0 Å². The topological polar surface area (TPSA) is 51.0 Å². The molecule has 1 aliphatic carbocycles. The van der Waals surface area contributed by atoms with Crippen LogP contribution in [0.3, 0.4) is 0 Å². The highest BCUT2D eigenvalue weighted by molar-refractivity contribution is 5.43. The fourth-order valence-electron chi connectivity index (χ4n) is 2.53. The van der Waals surface area contributed by atoms with E-state index in [1.807, 2.05) is 7.05 Å². The Morgan fingerprint density at radius 2 is 2.11 bits per heavy atom. The number of nitrogens with zero attached hydrogens (tertiary/aromatic N) is 2. The normalized spacial score (nSPS) is 20.5. The molecule has 4 nitrogen and oxygen atoms in total. The molecule has 19 heavy (non-hydrogen) atoms. The summed E-state index contributed by atoms with van der Waals surface area (Å²) in [6.45, 7) is 4.22. The van der Waals surface area contributed by atoms with Crippen LogP contribution in [-0.2, 0) is 6.42 Å². The Balaban J connectivity index is 1.80. The molecule has 1 aliphatic rings. The van der Waals surface area contributed by atoms with Crippen molar-refractivity contribution in [2.75, 3.05) is 7.05 Å². The molecule has 0 amide bonds. The monoisotopic (exact) mass is 257 g/mol. The second-order valence-electron chi connectivity index (χ2n) is 5.31. The fraction of sp³-hybridized carbons (Fsp3) is 0.467. The van der Waals surface area contributed by atoms with Crippen molar-refractivity contribution in [2.24, 2.45) is 0 Å². The highest BCUT2D eigenvalue weighted by atomic mass is 16.5. The van der Waals surface area contributed by atoms with E-state index in [9.17, 15) is 0 Å². The lowest BCUT2D eigenvalue weighted by Gasteiger charge is -2.27. The molecule has 1 heterocycles. The van der Waals surface area contributed by atoms with Crippen LogP contribution in [0.1, 0.15) is 48.5 Å². The molecule has 3 atom stereocenters. The zero-order valence-electron chi connectivity index (χ0n) is 11.6. The maximum Gasteiger partial charge on any atom is 0.231 e. The summed E-state index contributed by atoms with van der Waals surface area (Å²) in [6, 6.07) is 8.78. The van der Waals surface area contributed by atoms with Crippen molar-refractivity contribution >= 4 is 0 Å². The van der Waals surface area contributed by atoms with Gasteiger partial charge in [-0.05, 0) is 31.5 Å². The fourth-order valence-corrected chi connectivity index (χ4v) is 2.53. The number of benzene rings is 1. The second kappa shape index (κ2) is 4.78. The van der Waals surface area contributed by atoms with Crippen molar-refractivity contribution in [3.05, 3.63) is 47.1 Å². The molecule has 3 unspecified atom stereocenters. The van der Waals surface area contributed by atoms with Gasteiger partial charge < -0.3 is 9.84 Å². The third-order valence-electron chi connectivity index (χ3n) is 4.22. The van der Waals surface area contributed by atoms with Crippen LogP contribution < -0.4 is 5.32 Å². The molecule has 100 valence electrons. The molecule has 1 N–H and O–H groups in total. The summed E-state index contributed by atoms with van der Waals surface area (Å²) >= 11 is 0. The summed E-state index contributed by atoms with van der Waals surface area (Å²) in [6.07, 6.45) is 1.02. The standard InChI is InChI=1S/C15H19N3O/c1-9(10(2)16-3)15-17-14(18-19-15)13-8-11-6-4-5-7-12(11)13/h4-7,9-10,13,16H,8H2,1-3H3. The third kappa shape index (κ3) is 2.06. The van der Waals surface area contributed by atoms with E-state index in [2.05, 4.69) is 53.6 Å². The number of likely N-dealkylation sites (N-methyl/N-ethyl adjacent to an activating group) is 1. The zero-order valence-corrected chi connectivity index (χ0v) is 11.6. The van der Waals surface area contributed by atoms with Crippen molar-refractivity contribution in [3.8, 4) is 0 Å². The number of fused-ring (bicyclic) bond motifs is 1. The molecule has 0 bridgehead atoms. The minimum Gasteiger partial charge on any atom is -0.339 e. The third-order valence-corrected chi connectivity index (χ3v) is 4.22. The van der Waals surface area contributed by atoms with Gasteiger partial charge in [0.05, 0.1) is 11.8 Å². The summed E-state index contributed by atoms with van der Waals surface area (Å²) < 4.78 is 5.42. The van der Waals surface area contributed by atoms with E-state index in [1.165, 1.54) is 11.1 Å². The van der Waals surface area contributed by atoms with Crippen LogP contribution in [0.4, 0.5) is 0 Å². The van der Waals surface area contributed by atoms with Gasteiger partial charge in [0.2, 0.25) is 5.89 Å². The SMILES string of the molecule is CNC(C)C(C)c1nc(C2Cc3ccccc32)no1. The first-order chi connectivity index (χ1) is 9.20. The van der Waals surface area contributed by atoms with E-state index in [0.717, 1.165) is 18.1 Å². The van der Waals surface area contributed by atoms with Crippen LogP contribution in [0.25, 0.3) is 0 Å². The van der Waals surface area contributed by atoms with Crippen LogP contribution in [0, 0.1) is 0 Å². The molecule has 0 fully saturated rings. The first kappa shape index (κ1) is 12.4. The molecule has 0 radical (unpaired) electrons. The number of hydrogen-bond donors (Lipinski definition) is 1. The van der Waals surface area contributed by atoms with Gasteiger partial charge in [-0.25, -0.2) is 0 Å². The summed E-state index contributed by atoms with van der Waals surface area (Å²) in [7, 11) is 1.95. The van der Waals surface area contributed by atoms with Crippen molar-refractivity contribution < 1.29 is 4.52 Å². The highest BCUT2D eigenvalue weighted by Gasteiger charge is 2.31. The van der Waals surface area contributed by atoms with Gasteiger partial charge in [-0.3, -0.25) is 0 Å². The summed E-state index contributed by atoms with van der Waals surface area (Å²) in [5, 5.41) is 7.38. The molecule has 2 aromatic rings. The number of aromatic nitrogens is 2. The largest absolute Gasteiger partial charge is 0.339 e. The van der Waals surface area contributed by atoms with Crippen LogP contribution in [0.5, 0.6) is 0 Å². The van der Waals surface area contributed by atoms with Gasteiger partial charge >= 0.3 is 0 Å². The van der Waals surface area contributed by atoms with Crippen LogP contribution in [0.2, 0.25) is 0 Å². The van der Waals surface area contributed by atoms with Gasteiger partial charge in [0.25, 0.3) is 0 Å². The average Bonchev–Trinajstić information content (AvgIpc) is 2.87. The minimum atomic E-state index is 0.224. The van der Waals surface area contributed by atoms with Gasteiger partial charge in [0.15, 0.2) is 5.82 Å². The number of hydrogen-bond acceptors (Lipinski definition) is 4. The molecular weight excluding hydrogens is 238 g/mol. The Morgan fingerprint density at radius 1 is 1.32 bits per heavy atom. The molecule has 4 heteroatoms. The maximum absolute atomic E-state index is 5.42. The smallest absolute Gasteiger partial charge is 0.231 e. The Labute approximate surface area is 113 Å². The molecule has 0 saturated carbocycles.